The molecule has 1 fully saturated rings. The molecule has 2 rings (SSSR count). The summed E-state index contributed by atoms with van der Waals surface area (Å²) in [4.78, 5) is 14.6. The van der Waals surface area contributed by atoms with E-state index >= 15 is 0 Å². The Bertz CT molecular complexity index is 459. The average Bonchev–Trinajstić information content (AvgIpc) is 2.49. The predicted molar refractivity (Wildman–Crippen MR) is 88.2 cm³/mol. The maximum Gasteiger partial charge on any atom is 0.225 e. The third-order valence-corrected chi connectivity index (χ3v) is 4.23. The standard InChI is InChI=1S/C17H27N3O/c1-2-7-14-8-5-6-12-20(14)13-11-17(21)19-16-10-4-3-9-15(16)18/h3-4,9-10,14H,2,5-8,11-13,18H2,1H3,(H,19,21). The molecule has 0 spiro atoms. The molecule has 4 heteroatoms. The smallest absolute Gasteiger partial charge is 0.225 e. The summed E-state index contributed by atoms with van der Waals surface area (Å²) in [6, 6.07) is 8.06. The molecule has 0 aromatic heterocycles. The number of nitrogen functional groups attached to an aromatic ring is 1. The van der Waals surface area contributed by atoms with E-state index in [4.69, 9.17) is 5.73 Å². The van der Waals surface area contributed by atoms with Crippen LogP contribution in [0.2, 0.25) is 0 Å². The van der Waals surface area contributed by atoms with E-state index in [1.807, 2.05) is 18.2 Å². The van der Waals surface area contributed by atoms with Crippen molar-refractivity contribution in [3.63, 3.8) is 0 Å². The molecule has 0 saturated carbocycles. The quantitative estimate of drug-likeness (QED) is 0.790. The van der Waals surface area contributed by atoms with Crippen molar-refractivity contribution in [2.75, 3.05) is 24.1 Å². The highest BCUT2D eigenvalue weighted by atomic mass is 16.1. The lowest BCUT2D eigenvalue weighted by molar-refractivity contribution is -0.116. The molecule has 3 N–H and O–H groups in total. The minimum absolute atomic E-state index is 0.0497. The highest BCUT2D eigenvalue weighted by molar-refractivity contribution is 5.93. The summed E-state index contributed by atoms with van der Waals surface area (Å²) in [5.74, 6) is 0.0497. The number of hydrogen-bond acceptors (Lipinski definition) is 3. The summed E-state index contributed by atoms with van der Waals surface area (Å²) < 4.78 is 0. The van der Waals surface area contributed by atoms with E-state index in [2.05, 4.69) is 17.1 Å². The monoisotopic (exact) mass is 289 g/mol. The molecule has 1 saturated heterocycles. The van der Waals surface area contributed by atoms with Crippen molar-refractivity contribution in [3.8, 4) is 0 Å². The number of rotatable bonds is 6. The number of para-hydroxylation sites is 2. The second kappa shape index (κ2) is 8.03. The zero-order chi connectivity index (χ0) is 15.1. The van der Waals surface area contributed by atoms with Gasteiger partial charge >= 0.3 is 0 Å². The van der Waals surface area contributed by atoms with Crippen LogP contribution in [0.15, 0.2) is 24.3 Å². The van der Waals surface area contributed by atoms with Gasteiger partial charge in [-0.2, -0.15) is 0 Å². The van der Waals surface area contributed by atoms with Gasteiger partial charge in [0.1, 0.15) is 0 Å². The third kappa shape index (κ3) is 4.74. The van der Waals surface area contributed by atoms with E-state index in [0.717, 1.165) is 13.1 Å². The van der Waals surface area contributed by atoms with Gasteiger partial charge in [0.25, 0.3) is 0 Å². The molecule has 1 aliphatic heterocycles. The van der Waals surface area contributed by atoms with E-state index in [1.54, 1.807) is 6.07 Å². The molecule has 1 unspecified atom stereocenters. The summed E-state index contributed by atoms with van der Waals surface area (Å²) in [6.07, 6.45) is 6.86. The zero-order valence-corrected chi connectivity index (χ0v) is 13.0. The van der Waals surface area contributed by atoms with Gasteiger partial charge in [0.2, 0.25) is 5.91 Å². The van der Waals surface area contributed by atoms with Crippen molar-refractivity contribution < 1.29 is 4.79 Å². The first kappa shape index (κ1) is 15.8. The van der Waals surface area contributed by atoms with E-state index < -0.39 is 0 Å². The van der Waals surface area contributed by atoms with Crippen LogP contribution >= 0.6 is 0 Å². The van der Waals surface area contributed by atoms with E-state index in [1.165, 1.54) is 32.1 Å². The number of nitrogens with two attached hydrogens (primary N) is 1. The first-order valence-electron chi connectivity index (χ1n) is 8.09. The Morgan fingerprint density at radius 3 is 2.95 bits per heavy atom. The molecule has 1 atom stereocenters. The summed E-state index contributed by atoms with van der Waals surface area (Å²) in [5, 5.41) is 2.91. The van der Waals surface area contributed by atoms with Crippen LogP contribution < -0.4 is 11.1 Å². The van der Waals surface area contributed by atoms with Gasteiger partial charge in [-0.15, -0.1) is 0 Å². The number of nitrogens with one attached hydrogen (secondary N) is 1. The molecular weight excluding hydrogens is 262 g/mol. The molecule has 1 heterocycles. The van der Waals surface area contributed by atoms with Crippen molar-refractivity contribution >= 4 is 17.3 Å². The van der Waals surface area contributed by atoms with Crippen molar-refractivity contribution in [2.24, 2.45) is 0 Å². The lowest BCUT2D eigenvalue weighted by Gasteiger charge is -2.35. The zero-order valence-electron chi connectivity index (χ0n) is 13.0. The second-order valence-corrected chi connectivity index (χ2v) is 5.86. The van der Waals surface area contributed by atoms with Crippen LogP contribution in [0, 0.1) is 0 Å². The lowest BCUT2D eigenvalue weighted by Crippen LogP contribution is -2.41. The van der Waals surface area contributed by atoms with Gasteiger partial charge in [-0.25, -0.2) is 0 Å². The molecule has 4 nitrogen and oxygen atoms in total. The SMILES string of the molecule is CCCC1CCCCN1CCC(=O)Nc1ccccc1N. The van der Waals surface area contributed by atoms with Crippen LogP contribution in [-0.4, -0.2) is 29.9 Å². The van der Waals surface area contributed by atoms with Crippen molar-refractivity contribution in [1.29, 1.82) is 0 Å². The molecule has 21 heavy (non-hydrogen) atoms. The first-order chi connectivity index (χ1) is 10.2. The number of carbonyl (C=O) groups is 1. The maximum absolute atomic E-state index is 12.1. The molecule has 0 radical (unpaired) electrons. The number of anilines is 2. The molecule has 1 aromatic rings. The van der Waals surface area contributed by atoms with Gasteiger partial charge in [-0.05, 0) is 37.9 Å². The van der Waals surface area contributed by atoms with Gasteiger partial charge < -0.3 is 11.1 Å². The highest BCUT2D eigenvalue weighted by Gasteiger charge is 2.21. The number of benzene rings is 1. The summed E-state index contributed by atoms with van der Waals surface area (Å²) in [7, 11) is 0. The molecule has 0 aliphatic carbocycles. The summed E-state index contributed by atoms with van der Waals surface area (Å²) in [6.45, 7) is 4.21. The highest BCUT2D eigenvalue weighted by Crippen LogP contribution is 2.21. The fraction of sp³-hybridized carbons (Fsp3) is 0.588. The largest absolute Gasteiger partial charge is 0.397 e. The van der Waals surface area contributed by atoms with Crippen molar-refractivity contribution in [1.82, 2.24) is 4.90 Å². The Balaban J connectivity index is 1.81. The molecule has 0 bridgehead atoms. The van der Waals surface area contributed by atoms with Crippen LogP contribution in [0.3, 0.4) is 0 Å². The third-order valence-electron chi connectivity index (χ3n) is 4.23. The van der Waals surface area contributed by atoms with Crippen molar-refractivity contribution in [3.05, 3.63) is 24.3 Å². The number of hydrogen-bond donors (Lipinski definition) is 2. The van der Waals surface area contributed by atoms with Gasteiger partial charge in [0, 0.05) is 19.0 Å². The van der Waals surface area contributed by atoms with Crippen LogP contribution in [0.1, 0.15) is 45.4 Å². The van der Waals surface area contributed by atoms with Crippen molar-refractivity contribution in [2.45, 2.75) is 51.5 Å². The molecule has 116 valence electrons. The van der Waals surface area contributed by atoms with Crippen LogP contribution in [-0.2, 0) is 4.79 Å². The number of piperidine rings is 1. The molecular formula is C17H27N3O. The van der Waals surface area contributed by atoms with E-state index in [0.29, 0.717) is 23.8 Å². The summed E-state index contributed by atoms with van der Waals surface area (Å²) in [5.41, 5.74) is 7.18. The molecule has 1 aliphatic rings. The Kier molecular flexibility index (Phi) is 6.05. The second-order valence-electron chi connectivity index (χ2n) is 5.86. The Hall–Kier alpha value is -1.55. The number of nitrogens with zero attached hydrogens (tertiary/aromatic N) is 1. The molecule has 1 amide bonds. The van der Waals surface area contributed by atoms with E-state index in [-0.39, 0.29) is 5.91 Å². The van der Waals surface area contributed by atoms with Gasteiger partial charge in [0.15, 0.2) is 0 Å². The molecule has 1 aromatic carbocycles. The fourth-order valence-electron chi connectivity index (χ4n) is 3.08. The minimum Gasteiger partial charge on any atom is -0.397 e. The Morgan fingerprint density at radius 2 is 2.19 bits per heavy atom. The average molecular weight is 289 g/mol. The van der Waals surface area contributed by atoms with Crippen LogP contribution in [0.25, 0.3) is 0 Å². The maximum atomic E-state index is 12.1. The van der Waals surface area contributed by atoms with Crippen LogP contribution in [0.5, 0.6) is 0 Å². The predicted octanol–water partition coefficient (Wildman–Crippen LogP) is 3.25. The Morgan fingerprint density at radius 1 is 1.38 bits per heavy atom. The van der Waals surface area contributed by atoms with Gasteiger partial charge in [0.05, 0.1) is 11.4 Å². The lowest BCUT2D eigenvalue weighted by atomic mass is 9.98. The number of amides is 1. The normalized spacial score (nSPS) is 19.4. The minimum atomic E-state index is 0.0497. The summed E-state index contributed by atoms with van der Waals surface area (Å²) >= 11 is 0. The topological polar surface area (TPSA) is 58.4 Å². The van der Waals surface area contributed by atoms with Gasteiger partial charge in [-0.3, -0.25) is 9.69 Å². The first-order valence-corrected chi connectivity index (χ1v) is 8.09. The van der Waals surface area contributed by atoms with Gasteiger partial charge in [-0.1, -0.05) is 31.9 Å². The number of likely N-dealkylation sites (tertiary alicyclic amines) is 1. The van der Waals surface area contributed by atoms with E-state index in [9.17, 15) is 4.79 Å². The Labute approximate surface area is 127 Å². The van der Waals surface area contributed by atoms with Crippen LogP contribution in [0.4, 0.5) is 11.4 Å². The number of carbonyl (C=O) groups excluding carboxylic acids is 1. The fourth-order valence-corrected chi connectivity index (χ4v) is 3.08.